The van der Waals surface area contributed by atoms with E-state index in [9.17, 15) is 0 Å². The first kappa shape index (κ1) is 12.3. The Morgan fingerprint density at radius 3 is 2.94 bits per heavy atom. The van der Waals surface area contributed by atoms with Gasteiger partial charge in [0.25, 0.3) is 0 Å². The van der Waals surface area contributed by atoms with Crippen molar-refractivity contribution in [2.45, 2.75) is 18.6 Å². The second-order valence-corrected chi connectivity index (χ2v) is 4.75. The first-order valence-electron chi connectivity index (χ1n) is 6.11. The van der Waals surface area contributed by atoms with Crippen LogP contribution in [-0.2, 0) is 9.47 Å². The van der Waals surface area contributed by atoms with Crippen molar-refractivity contribution in [3.63, 3.8) is 0 Å². The fourth-order valence-electron chi connectivity index (χ4n) is 2.42. The average Bonchev–Trinajstić information content (AvgIpc) is 2.33. The third-order valence-electron chi connectivity index (χ3n) is 3.49. The highest BCUT2D eigenvalue weighted by molar-refractivity contribution is 4.83. The zero-order chi connectivity index (χ0) is 11.4. The van der Waals surface area contributed by atoms with Gasteiger partial charge in [0.05, 0.1) is 12.7 Å². The first-order valence-corrected chi connectivity index (χ1v) is 6.11. The molecule has 2 saturated heterocycles. The minimum Gasteiger partial charge on any atom is -0.355 e. The van der Waals surface area contributed by atoms with Gasteiger partial charge in [0.2, 0.25) is 0 Å². The quantitative estimate of drug-likeness (QED) is 0.695. The molecule has 0 spiro atoms. The molecule has 2 rings (SSSR count). The van der Waals surface area contributed by atoms with Crippen LogP contribution < -0.4 is 5.73 Å². The summed E-state index contributed by atoms with van der Waals surface area (Å²) >= 11 is 0. The van der Waals surface area contributed by atoms with Gasteiger partial charge < -0.3 is 20.1 Å². The molecule has 2 N–H and O–H groups in total. The maximum Gasteiger partial charge on any atom is 0.147 e. The number of nitrogens with zero attached hydrogens (tertiary/aromatic N) is 2. The highest BCUT2D eigenvalue weighted by atomic mass is 16.7. The molecular formula is C11H23N3O2. The zero-order valence-electron chi connectivity index (χ0n) is 10.1. The lowest BCUT2D eigenvalue weighted by molar-refractivity contribution is -0.148. The molecule has 0 aliphatic carbocycles. The molecule has 2 aliphatic rings. The number of ether oxygens (including phenoxy) is 2. The van der Waals surface area contributed by atoms with E-state index >= 15 is 0 Å². The van der Waals surface area contributed by atoms with Gasteiger partial charge >= 0.3 is 0 Å². The molecule has 5 nitrogen and oxygen atoms in total. The van der Waals surface area contributed by atoms with Gasteiger partial charge in [-0.15, -0.1) is 0 Å². The van der Waals surface area contributed by atoms with E-state index in [1.807, 2.05) is 0 Å². The number of nitrogens with two attached hydrogens (primary N) is 1. The van der Waals surface area contributed by atoms with Crippen molar-refractivity contribution in [2.24, 2.45) is 5.73 Å². The molecule has 2 atom stereocenters. The number of hydrogen-bond acceptors (Lipinski definition) is 5. The van der Waals surface area contributed by atoms with Crippen molar-refractivity contribution >= 4 is 0 Å². The summed E-state index contributed by atoms with van der Waals surface area (Å²) in [5.74, 6) is 0. The van der Waals surface area contributed by atoms with E-state index in [1.54, 1.807) is 0 Å². The molecule has 2 fully saturated rings. The Morgan fingerprint density at radius 1 is 1.38 bits per heavy atom. The minimum absolute atomic E-state index is 0.325. The second-order valence-electron chi connectivity index (χ2n) is 4.75. The predicted octanol–water partition coefficient (Wildman–Crippen LogP) is -0.676. The Kier molecular flexibility index (Phi) is 4.55. The van der Waals surface area contributed by atoms with Gasteiger partial charge in [-0.25, -0.2) is 0 Å². The maximum absolute atomic E-state index is 5.83. The largest absolute Gasteiger partial charge is 0.355 e. The fourth-order valence-corrected chi connectivity index (χ4v) is 2.42. The molecule has 94 valence electrons. The van der Waals surface area contributed by atoms with Gasteiger partial charge in [-0.05, 0) is 13.5 Å². The maximum atomic E-state index is 5.83. The summed E-state index contributed by atoms with van der Waals surface area (Å²) < 4.78 is 10.8. The smallest absolute Gasteiger partial charge is 0.147 e. The molecule has 0 aromatic heterocycles. The molecule has 0 aromatic carbocycles. The second kappa shape index (κ2) is 5.93. The Bertz CT molecular complexity index is 209. The Balaban J connectivity index is 1.82. The zero-order valence-corrected chi connectivity index (χ0v) is 10.1. The summed E-state index contributed by atoms with van der Waals surface area (Å²) in [7, 11) is 2.16. The monoisotopic (exact) mass is 229 g/mol. The highest BCUT2D eigenvalue weighted by Gasteiger charge is 2.27. The molecule has 0 radical (unpaired) electrons. The van der Waals surface area contributed by atoms with E-state index in [4.69, 9.17) is 15.2 Å². The Labute approximate surface area is 97.5 Å². The summed E-state index contributed by atoms with van der Waals surface area (Å²) in [6, 6.07) is 0.477. The van der Waals surface area contributed by atoms with Gasteiger partial charge in [-0.2, -0.15) is 0 Å². The van der Waals surface area contributed by atoms with Crippen LogP contribution in [0.3, 0.4) is 0 Å². The summed E-state index contributed by atoms with van der Waals surface area (Å²) in [5.41, 5.74) is 5.83. The predicted molar refractivity (Wildman–Crippen MR) is 62.2 cm³/mol. The van der Waals surface area contributed by atoms with E-state index in [-0.39, 0.29) is 0 Å². The lowest BCUT2D eigenvalue weighted by Crippen LogP contribution is -2.56. The van der Waals surface area contributed by atoms with Gasteiger partial charge in [0.15, 0.2) is 0 Å². The molecule has 0 saturated carbocycles. The number of hydrogen-bond donors (Lipinski definition) is 1. The van der Waals surface area contributed by atoms with Gasteiger partial charge in [0.1, 0.15) is 6.79 Å². The van der Waals surface area contributed by atoms with Crippen LogP contribution in [0.15, 0.2) is 0 Å². The third kappa shape index (κ3) is 3.15. The number of rotatable bonds is 3. The summed E-state index contributed by atoms with van der Waals surface area (Å²) in [5, 5.41) is 0. The van der Waals surface area contributed by atoms with Crippen LogP contribution in [-0.4, -0.2) is 75.1 Å². The standard InChI is InChI=1S/C11H23N3O2/c1-13-3-4-14(10(6-12)7-13)8-11-2-5-15-9-16-11/h10-11H,2-9,12H2,1H3. The SMILES string of the molecule is CN1CCN(CC2CCOCO2)C(CN)C1. The van der Waals surface area contributed by atoms with Crippen LogP contribution in [0.2, 0.25) is 0 Å². The summed E-state index contributed by atoms with van der Waals surface area (Å²) in [6.07, 6.45) is 1.33. The van der Waals surface area contributed by atoms with Crippen molar-refractivity contribution < 1.29 is 9.47 Å². The number of likely N-dealkylation sites (N-methyl/N-ethyl adjacent to an activating group) is 1. The van der Waals surface area contributed by atoms with Gasteiger partial charge in [0, 0.05) is 38.8 Å². The van der Waals surface area contributed by atoms with E-state index in [1.165, 1.54) is 0 Å². The molecule has 0 amide bonds. The average molecular weight is 229 g/mol. The fraction of sp³-hybridized carbons (Fsp3) is 1.00. The molecule has 2 unspecified atom stereocenters. The molecule has 5 heteroatoms. The summed E-state index contributed by atoms with van der Waals surface area (Å²) in [6.45, 7) is 6.29. The third-order valence-corrected chi connectivity index (χ3v) is 3.49. The number of piperazine rings is 1. The normalized spacial score (nSPS) is 34.1. The Morgan fingerprint density at radius 2 is 2.25 bits per heavy atom. The van der Waals surface area contributed by atoms with Crippen LogP contribution in [0.1, 0.15) is 6.42 Å². The van der Waals surface area contributed by atoms with Crippen molar-refractivity contribution in [2.75, 3.05) is 53.2 Å². The van der Waals surface area contributed by atoms with Crippen molar-refractivity contribution in [1.29, 1.82) is 0 Å². The van der Waals surface area contributed by atoms with E-state index < -0.39 is 0 Å². The highest BCUT2D eigenvalue weighted by Crippen LogP contribution is 2.13. The molecule has 16 heavy (non-hydrogen) atoms. The van der Waals surface area contributed by atoms with Crippen molar-refractivity contribution in [1.82, 2.24) is 9.80 Å². The van der Waals surface area contributed by atoms with Crippen LogP contribution in [0.4, 0.5) is 0 Å². The minimum atomic E-state index is 0.325. The van der Waals surface area contributed by atoms with E-state index in [0.29, 0.717) is 18.9 Å². The Hall–Kier alpha value is -0.200. The van der Waals surface area contributed by atoms with Crippen LogP contribution in [0.5, 0.6) is 0 Å². The van der Waals surface area contributed by atoms with Gasteiger partial charge in [-0.1, -0.05) is 0 Å². The van der Waals surface area contributed by atoms with Crippen molar-refractivity contribution in [3.05, 3.63) is 0 Å². The lowest BCUT2D eigenvalue weighted by atomic mass is 10.1. The van der Waals surface area contributed by atoms with Gasteiger partial charge in [-0.3, -0.25) is 4.90 Å². The van der Waals surface area contributed by atoms with E-state index in [0.717, 1.165) is 45.8 Å². The van der Waals surface area contributed by atoms with Crippen LogP contribution in [0, 0.1) is 0 Å². The van der Waals surface area contributed by atoms with Crippen LogP contribution >= 0.6 is 0 Å². The molecule has 0 bridgehead atoms. The topological polar surface area (TPSA) is 51.0 Å². The van der Waals surface area contributed by atoms with E-state index in [2.05, 4.69) is 16.8 Å². The molecular weight excluding hydrogens is 206 g/mol. The molecule has 0 aromatic rings. The first-order chi connectivity index (χ1) is 7.79. The van der Waals surface area contributed by atoms with Crippen molar-refractivity contribution in [3.8, 4) is 0 Å². The summed E-state index contributed by atoms with van der Waals surface area (Å²) in [4.78, 5) is 4.81. The van der Waals surface area contributed by atoms with Crippen LogP contribution in [0.25, 0.3) is 0 Å². The molecule has 2 heterocycles. The molecule has 2 aliphatic heterocycles. The lowest BCUT2D eigenvalue weighted by Gasteiger charge is -2.41.